The van der Waals surface area contributed by atoms with Gasteiger partial charge in [-0.1, -0.05) is 6.92 Å². The highest BCUT2D eigenvalue weighted by Gasteiger charge is 2.41. The Bertz CT molecular complexity index is 109. The SMILES string of the molecule is CCCO[Si](OC)(OC)OC.OCCO. The summed E-state index contributed by atoms with van der Waals surface area (Å²) in [6, 6.07) is 0. The molecule has 0 fully saturated rings. The average Bonchev–Trinajstić information content (AvgIpc) is 2.32. The van der Waals surface area contributed by atoms with E-state index < -0.39 is 9.05 Å². The third-order valence-corrected chi connectivity index (χ3v) is 3.39. The van der Waals surface area contributed by atoms with Crippen LogP contribution in [0.3, 0.4) is 0 Å². The van der Waals surface area contributed by atoms with Crippen LogP contribution in [0.2, 0.25) is 0 Å². The molecule has 0 atom stereocenters. The Hall–Kier alpha value is -0.0231. The molecule has 7 heteroatoms. The minimum atomic E-state index is -2.74. The maximum atomic E-state index is 7.62. The molecule has 0 bridgehead atoms. The lowest BCUT2D eigenvalue weighted by atomic mass is 10.5. The largest absolute Gasteiger partial charge is 0.678 e. The fourth-order valence-electron chi connectivity index (χ4n) is 0.654. The van der Waals surface area contributed by atoms with Gasteiger partial charge in [-0.3, -0.25) is 0 Å². The van der Waals surface area contributed by atoms with Crippen molar-refractivity contribution < 1.29 is 27.9 Å². The summed E-state index contributed by atoms with van der Waals surface area (Å²) in [5.41, 5.74) is 0. The van der Waals surface area contributed by atoms with E-state index in [2.05, 4.69) is 0 Å². The number of aliphatic hydroxyl groups excluding tert-OH is 2. The highest BCUT2D eigenvalue weighted by atomic mass is 28.4. The Labute approximate surface area is 92.2 Å². The molecule has 0 aliphatic carbocycles. The molecule has 0 rings (SSSR count). The van der Waals surface area contributed by atoms with Crippen molar-refractivity contribution in [2.24, 2.45) is 0 Å². The van der Waals surface area contributed by atoms with Crippen molar-refractivity contribution in [2.75, 3.05) is 41.2 Å². The molecular weight excluding hydrogens is 220 g/mol. The van der Waals surface area contributed by atoms with Gasteiger partial charge in [0.05, 0.1) is 13.2 Å². The predicted molar refractivity (Wildman–Crippen MR) is 57.2 cm³/mol. The van der Waals surface area contributed by atoms with Crippen LogP contribution in [-0.4, -0.2) is 60.4 Å². The zero-order valence-corrected chi connectivity index (χ0v) is 10.9. The molecule has 0 radical (unpaired) electrons. The molecule has 6 nitrogen and oxygen atoms in total. The molecule has 0 saturated carbocycles. The van der Waals surface area contributed by atoms with Gasteiger partial charge in [-0.25, -0.2) is 0 Å². The minimum Gasteiger partial charge on any atom is -0.394 e. The van der Waals surface area contributed by atoms with Crippen molar-refractivity contribution >= 4 is 9.05 Å². The van der Waals surface area contributed by atoms with E-state index in [1.165, 1.54) is 21.3 Å². The molecule has 0 saturated heterocycles. The van der Waals surface area contributed by atoms with E-state index in [0.717, 1.165) is 6.42 Å². The van der Waals surface area contributed by atoms with Crippen LogP contribution in [0.4, 0.5) is 0 Å². The second kappa shape index (κ2) is 12.0. The summed E-state index contributed by atoms with van der Waals surface area (Å²) in [5, 5.41) is 15.2. The minimum absolute atomic E-state index is 0.125. The Balaban J connectivity index is 0. The lowest BCUT2D eigenvalue weighted by molar-refractivity contribution is 0.00610. The van der Waals surface area contributed by atoms with E-state index in [-0.39, 0.29) is 13.2 Å². The molecule has 0 heterocycles. The van der Waals surface area contributed by atoms with Gasteiger partial charge in [0.25, 0.3) is 0 Å². The van der Waals surface area contributed by atoms with E-state index in [9.17, 15) is 0 Å². The summed E-state index contributed by atoms with van der Waals surface area (Å²) in [6.45, 7) is 2.36. The second-order valence-corrected chi connectivity index (χ2v) is 4.92. The Kier molecular flexibility index (Phi) is 14.0. The van der Waals surface area contributed by atoms with Gasteiger partial charge in [-0.2, -0.15) is 0 Å². The standard InChI is InChI=1S/C6H16O4Si.C2H6O2/c1-5-6-10-11(7-2,8-3)9-4;3-1-2-4/h5-6H2,1-4H3;3-4H,1-2H2. The molecular formula is C8H22O6Si. The zero-order valence-electron chi connectivity index (χ0n) is 9.86. The van der Waals surface area contributed by atoms with Crippen LogP contribution in [0.1, 0.15) is 13.3 Å². The Morgan fingerprint density at radius 1 is 0.933 bits per heavy atom. The van der Waals surface area contributed by atoms with Crippen molar-refractivity contribution in [3.8, 4) is 0 Å². The lowest BCUT2D eigenvalue weighted by Crippen LogP contribution is -2.46. The van der Waals surface area contributed by atoms with Crippen LogP contribution in [0, 0.1) is 0 Å². The molecule has 0 unspecified atom stereocenters. The first-order chi connectivity index (χ1) is 7.16. The average molecular weight is 242 g/mol. The molecule has 0 amide bonds. The first kappa shape index (κ1) is 17.4. The first-order valence-electron chi connectivity index (χ1n) is 4.67. The quantitative estimate of drug-likeness (QED) is 0.600. The smallest absolute Gasteiger partial charge is 0.394 e. The molecule has 0 spiro atoms. The van der Waals surface area contributed by atoms with Crippen LogP contribution in [0.15, 0.2) is 0 Å². The first-order valence-corrected chi connectivity index (χ1v) is 6.30. The highest BCUT2D eigenvalue weighted by Crippen LogP contribution is 2.07. The second-order valence-electron chi connectivity index (χ2n) is 2.41. The fourth-order valence-corrected chi connectivity index (χ4v) is 1.96. The Morgan fingerprint density at radius 2 is 1.33 bits per heavy atom. The topological polar surface area (TPSA) is 77.4 Å². The van der Waals surface area contributed by atoms with Crippen molar-refractivity contribution in [3.05, 3.63) is 0 Å². The molecule has 0 aromatic carbocycles. The number of hydrogen-bond donors (Lipinski definition) is 2. The van der Waals surface area contributed by atoms with E-state index in [4.69, 9.17) is 27.9 Å². The summed E-state index contributed by atoms with van der Waals surface area (Å²) in [4.78, 5) is 0. The van der Waals surface area contributed by atoms with Gasteiger partial charge in [0.2, 0.25) is 0 Å². The van der Waals surface area contributed by atoms with Crippen molar-refractivity contribution in [2.45, 2.75) is 13.3 Å². The van der Waals surface area contributed by atoms with Crippen LogP contribution in [0.5, 0.6) is 0 Å². The van der Waals surface area contributed by atoms with Crippen LogP contribution < -0.4 is 0 Å². The van der Waals surface area contributed by atoms with Gasteiger partial charge in [0.1, 0.15) is 0 Å². The van der Waals surface area contributed by atoms with Gasteiger partial charge < -0.3 is 27.9 Å². The van der Waals surface area contributed by atoms with Crippen LogP contribution >= 0.6 is 0 Å². The zero-order chi connectivity index (χ0) is 12.2. The van der Waals surface area contributed by atoms with E-state index in [1.54, 1.807) is 0 Å². The molecule has 0 aromatic rings. The number of hydrogen-bond acceptors (Lipinski definition) is 6. The Morgan fingerprint density at radius 3 is 1.53 bits per heavy atom. The van der Waals surface area contributed by atoms with Gasteiger partial charge in [-0.05, 0) is 6.42 Å². The number of aliphatic hydroxyl groups is 2. The normalized spacial score (nSPS) is 10.8. The van der Waals surface area contributed by atoms with Gasteiger partial charge in [-0.15, -0.1) is 0 Å². The van der Waals surface area contributed by atoms with Crippen molar-refractivity contribution in [1.82, 2.24) is 0 Å². The molecule has 15 heavy (non-hydrogen) atoms. The van der Waals surface area contributed by atoms with Crippen molar-refractivity contribution in [1.29, 1.82) is 0 Å². The third kappa shape index (κ3) is 8.94. The summed E-state index contributed by atoms with van der Waals surface area (Å²) in [5.74, 6) is 0. The highest BCUT2D eigenvalue weighted by molar-refractivity contribution is 6.53. The van der Waals surface area contributed by atoms with Gasteiger partial charge in [0, 0.05) is 27.9 Å². The lowest BCUT2D eigenvalue weighted by Gasteiger charge is -2.22. The molecule has 0 aromatic heterocycles. The van der Waals surface area contributed by atoms with Gasteiger partial charge in [0.15, 0.2) is 0 Å². The summed E-state index contributed by atoms with van der Waals surface area (Å²) < 4.78 is 20.3. The van der Waals surface area contributed by atoms with E-state index >= 15 is 0 Å². The predicted octanol–water partition coefficient (Wildman–Crippen LogP) is -0.241. The van der Waals surface area contributed by atoms with Crippen LogP contribution in [-0.2, 0) is 17.7 Å². The fraction of sp³-hybridized carbons (Fsp3) is 1.00. The molecule has 0 aliphatic rings. The maximum Gasteiger partial charge on any atom is 0.678 e. The monoisotopic (exact) mass is 242 g/mol. The molecule has 2 N–H and O–H groups in total. The van der Waals surface area contributed by atoms with E-state index in [1.807, 2.05) is 6.92 Å². The molecule has 0 aliphatic heterocycles. The third-order valence-electron chi connectivity index (χ3n) is 1.33. The number of rotatable bonds is 7. The summed E-state index contributed by atoms with van der Waals surface area (Å²) in [6.07, 6.45) is 0.921. The summed E-state index contributed by atoms with van der Waals surface area (Å²) in [7, 11) is 1.83. The van der Waals surface area contributed by atoms with E-state index in [0.29, 0.717) is 6.61 Å². The maximum absolute atomic E-state index is 7.62. The molecule has 94 valence electrons. The van der Waals surface area contributed by atoms with Gasteiger partial charge >= 0.3 is 9.05 Å². The van der Waals surface area contributed by atoms with Crippen molar-refractivity contribution in [3.63, 3.8) is 0 Å². The van der Waals surface area contributed by atoms with Crippen LogP contribution in [0.25, 0.3) is 0 Å². The summed E-state index contributed by atoms with van der Waals surface area (Å²) >= 11 is 0.